The molecule has 0 unspecified atom stereocenters. The maximum absolute atomic E-state index is 13.8. The molecule has 0 aliphatic carbocycles. The van der Waals surface area contributed by atoms with Crippen molar-refractivity contribution in [3.8, 4) is 11.5 Å². The van der Waals surface area contributed by atoms with Crippen molar-refractivity contribution in [1.82, 2.24) is 4.57 Å². The van der Waals surface area contributed by atoms with Gasteiger partial charge in [0.15, 0.2) is 4.80 Å². The fourth-order valence-corrected chi connectivity index (χ4v) is 5.85. The number of carboxylic acids is 1. The van der Waals surface area contributed by atoms with Crippen LogP contribution < -0.4 is 24.4 Å². The monoisotopic (exact) mass is 604 g/mol. The number of nitrogens with zero attached hydrogens (tertiary/aromatic N) is 2. The molecule has 1 N–H and O–H groups in total. The summed E-state index contributed by atoms with van der Waals surface area (Å²) >= 11 is 7.53. The Hall–Kier alpha value is -4.67. The largest absolute Gasteiger partial charge is 0.496 e. The molecule has 42 heavy (non-hydrogen) atoms. The minimum Gasteiger partial charge on any atom is -0.496 e. The van der Waals surface area contributed by atoms with Crippen LogP contribution in [0.1, 0.15) is 40.0 Å². The van der Waals surface area contributed by atoms with E-state index < -0.39 is 18.0 Å². The first-order valence-electron chi connectivity index (χ1n) is 12.7. The van der Waals surface area contributed by atoms with Crippen molar-refractivity contribution in [3.63, 3.8) is 0 Å². The van der Waals surface area contributed by atoms with E-state index in [4.69, 9.17) is 30.9 Å². The molecule has 9 nitrogen and oxygen atoms in total. The van der Waals surface area contributed by atoms with Crippen molar-refractivity contribution in [1.29, 1.82) is 0 Å². The molecule has 0 radical (unpaired) electrons. The minimum absolute atomic E-state index is 0.211. The van der Waals surface area contributed by atoms with Crippen molar-refractivity contribution in [2.24, 2.45) is 4.99 Å². The van der Waals surface area contributed by atoms with Crippen molar-refractivity contribution < 1.29 is 28.9 Å². The maximum atomic E-state index is 13.8. The van der Waals surface area contributed by atoms with Crippen LogP contribution in [-0.4, -0.2) is 35.8 Å². The fraction of sp³-hybridized carbons (Fsp3) is 0.161. The van der Waals surface area contributed by atoms with Gasteiger partial charge in [0.25, 0.3) is 5.56 Å². The van der Waals surface area contributed by atoms with Gasteiger partial charge in [-0.25, -0.2) is 14.6 Å². The lowest BCUT2D eigenvalue weighted by molar-refractivity contribution is -0.136. The van der Waals surface area contributed by atoms with E-state index >= 15 is 0 Å². The Labute approximate surface area is 249 Å². The molecule has 1 aromatic heterocycles. The van der Waals surface area contributed by atoms with E-state index in [1.54, 1.807) is 55.5 Å². The lowest BCUT2D eigenvalue weighted by Gasteiger charge is -2.25. The van der Waals surface area contributed by atoms with E-state index in [0.717, 1.165) is 11.1 Å². The molecular weight excluding hydrogens is 580 g/mol. The second-order valence-corrected chi connectivity index (χ2v) is 10.8. The third-order valence-corrected chi connectivity index (χ3v) is 7.92. The Bertz CT molecular complexity index is 1890. The lowest BCUT2D eigenvalue weighted by atomic mass is 9.95. The molecule has 11 heteroatoms. The van der Waals surface area contributed by atoms with Gasteiger partial charge in [0.1, 0.15) is 24.1 Å². The number of carbonyl (C=O) groups is 2. The molecule has 0 spiro atoms. The van der Waals surface area contributed by atoms with Crippen LogP contribution in [-0.2, 0) is 16.1 Å². The number of rotatable bonds is 8. The highest BCUT2D eigenvalue weighted by atomic mass is 35.5. The molecule has 1 aliphatic heterocycles. The molecule has 0 fully saturated rings. The van der Waals surface area contributed by atoms with Gasteiger partial charge in [0.05, 0.1) is 35.6 Å². The number of ether oxygens (including phenoxy) is 3. The van der Waals surface area contributed by atoms with Crippen molar-refractivity contribution in [2.75, 3.05) is 14.2 Å². The average Bonchev–Trinajstić information content (AvgIpc) is 3.29. The predicted molar refractivity (Wildman–Crippen MR) is 158 cm³/mol. The number of thiazole rings is 1. The number of aromatic carboxylic acids is 1. The number of hydrogen-bond donors (Lipinski definition) is 1. The molecular formula is C31H25ClN2O7S. The van der Waals surface area contributed by atoms with Crippen LogP contribution in [0.3, 0.4) is 0 Å². The first-order valence-corrected chi connectivity index (χ1v) is 13.9. The highest BCUT2D eigenvalue weighted by molar-refractivity contribution is 7.07. The number of hydrogen-bond acceptors (Lipinski definition) is 8. The van der Waals surface area contributed by atoms with E-state index in [-0.39, 0.29) is 23.3 Å². The summed E-state index contributed by atoms with van der Waals surface area (Å²) in [4.78, 5) is 42.8. The predicted octanol–water partition coefficient (Wildman–Crippen LogP) is 4.35. The van der Waals surface area contributed by atoms with E-state index in [0.29, 0.717) is 37.1 Å². The van der Waals surface area contributed by atoms with Crippen LogP contribution >= 0.6 is 22.9 Å². The Morgan fingerprint density at radius 2 is 1.79 bits per heavy atom. The summed E-state index contributed by atoms with van der Waals surface area (Å²) in [5, 5.41) is 9.46. The van der Waals surface area contributed by atoms with Crippen LogP contribution in [0.15, 0.2) is 87.8 Å². The summed E-state index contributed by atoms with van der Waals surface area (Å²) in [6, 6.07) is 17.9. The van der Waals surface area contributed by atoms with Gasteiger partial charge in [-0.2, -0.15) is 0 Å². The summed E-state index contributed by atoms with van der Waals surface area (Å²) in [6.07, 6.45) is 1.75. The molecule has 0 saturated heterocycles. The first-order chi connectivity index (χ1) is 20.2. The molecule has 1 atom stereocenters. The molecule has 214 valence electrons. The van der Waals surface area contributed by atoms with Crippen molar-refractivity contribution >= 4 is 41.0 Å². The molecule has 0 amide bonds. The Kier molecular flexibility index (Phi) is 8.28. The smallest absolute Gasteiger partial charge is 0.338 e. The lowest BCUT2D eigenvalue weighted by Crippen LogP contribution is -2.40. The van der Waals surface area contributed by atoms with Gasteiger partial charge in [-0.1, -0.05) is 47.2 Å². The molecule has 2 heterocycles. The summed E-state index contributed by atoms with van der Waals surface area (Å²) < 4.78 is 18.3. The number of carboxylic acid groups (broad SMARTS) is 1. The quantitative estimate of drug-likeness (QED) is 0.297. The molecule has 3 aromatic carbocycles. The van der Waals surface area contributed by atoms with E-state index in [1.807, 2.05) is 12.1 Å². The highest BCUT2D eigenvalue weighted by Crippen LogP contribution is 2.37. The molecule has 0 bridgehead atoms. The van der Waals surface area contributed by atoms with E-state index in [1.165, 1.54) is 42.3 Å². The van der Waals surface area contributed by atoms with Crippen LogP contribution in [0.5, 0.6) is 11.5 Å². The van der Waals surface area contributed by atoms with Crippen LogP contribution in [0.2, 0.25) is 5.02 Å². The van der Waals surface area contributed by atoms with Gasteiger partial charge in [0.2, 0.25) is 0 Å². The summed E-state index contributed by atoms with van der Waals surface area (Å²) in [6.45, 7) is 1.97. The van der Waals surface area contributed by atoms with Crippen LogP contribution in [0.4, 0.5) is 0 Å². The zero-order chi connectivity index (χ0) is 30.0. The van der Waals surface area contributed by atoms with Crippen LogP contribution in [0.25, 0.3) is 6.08 Å². The summed E-state index contributed by atoms with van der Waals surface area (Å²) in [7, 11) is 2.79. The number of carbonyl (C=O) groups excluding carboxylic acids is 1. The van der Waals surface area contributed by atoms with Crippen molar-refractivity contribution in [3.05, 3.63) is 125 Å². The van der Waals surface area contributed by atoms with E-state index in [9.17, 15) is 14.4 Å². The number of halogens is 1. The number of benzene rings is 3. The van der Waals surface area contributed by atoms with Crippen molar-refractivity contribution in [2.45, 2.75) is 19.6 Å². The topological polar surface area (TPSA) is 116 Å². The zero-order valence-corrected chi connectivity index (χ0v) is 24.4. The van der Waals surface area contributed by atoms with Crippen LogP contribution in [0, 0.1) is 0 Å². The standard InChI is InChI=1S/C31H25ClN2O7S/c1-17-26(30(38)40-3)27(23-15-21(32)10-13-24(23)39-2)34-28(35)25(42-31(34)33-17)14-18-6-11-22(12-7-18)41-16-19-4-8-20(9-5-19)29(36)37/h4-15,27H,16H2,1-3H3,(H,36,37)/b25-14-/t27-/m0/s1. The maximum Gasteiger partial charge on any atom is 0.338 e. The van der Waals surface area contributed by atoms with Gasteiger partial charge >= 0.3 is 11.9 Å². The number of fused-ring (bicyclic) bond motifs is 1. The number of aromatic nitrogens is 1. The third kappa shape index (κ3) is 5.72. The third-order valence-electron chi connectivity index (χ3n) is 6.70. The van der Waals surface area contributed by atoms with Gasteiger partial charge < -0.3 is 19.3 Å². The van der Waals surface area contributed by atoms with Gasteiger partial charge in [-0.05, 0) is 66.6 Å². The Morgan fingerprint density at radius 3 is 2.43 bits per heavy atom. The first kappa shape index (κ1) is 28.8. The van der Waals surface area contributed by atoms with E-state index in [2.05, 4.69) is 4.99 Å². The Balaban J connectivity index is 1.48. The molecule has 4 aromatic rings. The SMILES string of the molecule is COC(=O)C1=C(C)N=c2s/c(=C\c3ccc(OCc4ccc(C(=O)O)cc4)cc3)c(=O)n2[C@H]1c1cc(Cl)ccc1OC. The Morgan fingerprint density at radius 1 is 1.07 bits per heavy atom. The molecule has 5 rings (SSSR count). The van der Waals surface area contributed by atoms with Gasteiger partial charge in [0, 0.05) is 10.6 Å². The summed E-state index contributed by atoms with van der Waals surface area (Å²) in [5.41, 5.74) is 2.66. The van der Waals surface area contributed by atoms with Gasteiger partial charge in [-0.3, -0.25) is 9.36 Å². The molecule has 0 saturated carbocycles. The summed E-state index contributed by atoms with van der Waals surface area (Å²) in [5.74, 6) is -0.513. The number of esters is 1. The minimum atomic E-state index is -0.982. The second kappa shape index (κ2) is 12.1. The highest BCUT2D eigenvalue weighted by Gasteiger charge is 2.35. The normalized spacial score (nSPS) is 14.7. The second-order valence-electron chi connectivity index (χ2n) is 9.32. The number of allylic oxidation sites excluding steroid dienone is 1. The average molecular weight is 605 g/mol. The molecule has 1 aliphatic rings. The number of methoxy groups -OCH3 is 2. The fourth-order valence-electron chi connectivity index (χ4n) is 4.63. The zero-order valence-electron chi connectivity index (χ0n) is 22.8. The van der Waals surface area contributed by atoms with Gasteiger partial charge in [-0.15, -0.1) is 0 Å².